The van der Waals surface area contributed by atoms with Crippen LogP contribution in [0.5, 0.6) is 23.0 Å². The molecule has 0 saturated carbocycles. The number of hydrogen-bond donors (Lipinski definition) is 1. The maximum absolute atomic E-state index is 13.5. The number of benzene rings is 2. The summed E-state index contributed by atoms with van der Waals surface area (Å²) in [6.45, 7) is 0. The van der Waals surface area contributed by atoms with Crippen LogP contribution in [0.2, 0.25) is 5.02 Å². The van der Waals surface area contributed by atoms with Crippen molar-refractivity contribution in [2.24, 2.45) is 0 Å². The van der Waals surface area contributed by atoms with Gasteiger partial charge in [0.25, 0.3) is 0 Å². The summed E-state index contributed by atoms with van der Waals surface area (Å²) in [4.78, 5) is 11.4. The average molecular weight is 445 g/mol. The summed E-state index contributed by atoms with van der Waals surface area (Å²) in [7, 11) is 4.20. The molecule has 0 saturated heterocycles. The van der Waals surface area contributed by atoms with Crippen LogP contribution in [-0.2, 0) is 4.79 Å². The topological polar surface area (TPSA) is 74.2 Å². The van der Waals surface area contributed by atoms with Crippen molar-refractivity contribution in [1.29, 1.82) is 0 Å². The monoisotopic (exact) mass is 444 g/mol. The summed E-state index contributed by atoms with van der Waals surface area (Å²) in [5, 5.41) is 9.39. The van der Waals surface area contributed by atoms with E-state index >= 15 is 0 Å². The molecule has 0 spiro atoms. The van der Waals surface area contributed by atoms with Gasteiger partial charge in [0.05, 0.1) is 26.9 Å². The molecule has 1 heterocycles. The molecule has 1 atom stereocenters. The number of aliphatic carboxylic acids is 1. The van der Waals surface area contributed by atoms with Gasteiger partial charge in [0, 0.05) is 16.1 Å². The number of carbonyl (C=O) groups is 1. The molecule has 0 aromatic heterocycles. The lowest BCUT2D eigenvalue weighted by Crippen LogP contribution is -2.40. The van der Waals surface area contributed by atoms with E-state index in [0.717, 1.165) is 6.08 Å². The zero-order valence-corrected chi connectivity index (χ0v) is 16.7. The average Bonchev–Trinajstić information content (AvgIpc) is 2.70. The number of rotatable bonds is 5. The fourth-order valence-corrected chi connectivity index (χ4v) is 3.37. The Balaban J connectivity index is 2.27. The molecule has 1 unspecified atom stereocenters. The number of fused-ring (bicyclic) bond motifs is 1. The lowest BCUT2D eigenvalue weighted by Gasteiger charge is -2.29. The number of alkyl halides is 3. The summed E-state index contributed by atoms with van der Waals surface area (Å²) in [5.74, 6) is -1.07. The van der Waals surface area contributed by atoms with Crippen molar-refractivity contribution >= 4 is 23.6 Å². The van der Waals surface area contributed by atoms with Crippen molar-refractivity contribution in [2.45, 2.75) is 12.3 Å². The summed E-state index contributed by atoms with van der Waals surface area (Å²) in [5.41, 5.74) is -0.264. The molecule has 0 fully saturated rings. The molecule has 1 aliphatic rings. The minimum absolute atomic E-state index is 0.101. The molecule has 2 aromatic rings. The number of ether oxygens (including phenoxy) is 4. The molecule has 1 aliphatic heterocycles. The highest BCUT2D eigenvalue weighted by Gasteiger charge is 2.48. The molecule has 0 amide bonds. The summed E-state index contributed by atoms with van der Waals surface area (Å²) >= 11 is 6.15. The molecule has 160 valence electrons. The van der Waals surface area contributed by atoms with Gasteiger partial charge in [-0.15, -0.1) is 0 Å². The van der Waals surface area contributed by atoms with Crippen LogP contribution >= 0.6 is 11.6 Å². The third-order valence-electron chi connectivity index (χ3n) is 4.43. The van der Waals surface area contributed by atoms with Gasteiger partial charge < -0.3 is 24.1 Å². The van der Waals surface area contributed by atoms with Crippen molar-refractivity contribution in [3.05, 3.63) is 40.4 Å². The molecular formula is C20H16ClF3O6. The molecule has 0 aliphatic carbocycles. The zero-order chi connectivity index (χ0) is 22.2. The first-order chi connectivity index (χ1) is 14.1. The summed E-state index contributed by atoms with van der Waals surface area (Å²) in [6, 6.07) is 5.79. The van der Waals surface area contributed by atoms with Crippen molar-refractivity contribution < 1.29 is 42.0 Å². The number of halogens is 4. The SMILES string of the molecule is COc1cc(-c2cc(Cl)cc3c2OC(C(F)(F)F)C(C(=O)O)=C3)cc(OC)c1OC. The molecule has 10 heteroatoms. The van der Waals surface area contributed by atoms with Gasteiger partial charge in [0.2, 0.25) is 11.9 Å². The van der Waals surface area contributed by atoms with E-state index in [1.54, 1.807) is 0 Å². The number of carboxylic acid groups (broad SMARTS) is 1. The Hall–Kier alpha value is -3.07. The van der Waals surface area contributed by atoms with Gasteiger partial charge in [-0.05, 0) is 35.9 Å². The minimum atomic E-state index is -4.94. The first kappa shape index (κ1) is 21.6. The van der Waals surface area contributed by atoms with Gasteiger partial charge in [-0.3, -0.25) is 0 Å². The molecule has 0 bridgehead atoms. The van der Waals surface area contributed by atoms with Crippen LogP contribution in [0.25, 0.3) is 17.2 Å². The van der Waals surface area contributed by atoms with Crippen LogP contribution in [0.3, 0.4) is 0 Å². The highest BCUT2D eigenvalue weighted by molar-refractivity contribution is 6.31. The van der Waals surface area contributed by atoms with Crippen molar-refractivity contribution in [3.63, 3.8) is 0 Å². The van der Waals surface area contributed by atoms with Crippen LogP contribution in [0.1, 0.15) is 5.56 Å². The van der Waals surface area contributed by atoms with Crippen LogP contribution in [0, 0.1) is 0 Å². The van der Waals surface area contributed by atoms with Crippen LogP contribution in [-0.4, -0.2) is 44.7 Å². The fourth-order valence-electron chi connectivity index (χ4n) is 3.15. The van der Waals surface area contributed by atoms with Crippen molar-refractivity contribution in [2.75, 3.05) is 21.3 Å². The Morgan fingerprint density at radius 2 is 1.67 bits per heavy atom. The molecule has 2 aromatic carbocycles. The standard InChI is InChI=1S/C20H16ClF3O6/c1-27-14-6-9(7-15(28-2)17(14)29-3)12-8-11(21)4-10-5-13(19(25)26)18(20(22,23)24)30-16(10)12/h4-8,18H,1-3H3,(H,25,26). The Labute approximate surface area is 174 Å². The second-order valence-corrected chi connectivity index (χ2v) is 6.67. The Morgan fingerprint density at radius 1 is 1.07 bits per heavy atom. The van der Waals surface area contributed by atoms with Gasteiger partial charge in [-0.1, -0.05) is 11.6 Å². The first-order valence-electron chi connectivity index (χ1n) is 8.42. The predicted molar refractivity (Wildman–Crippen MR) is 103 cm³/mol. The van der Waals surface area contributed by atoms with Gasteiger partial charge >= 0.3 is 12.1 Å². The number of carboxylic acids is 1. The molecular weight excluding hydrogens is 429 g/mol. The van der Waals surface area contributed by atoms with Crippen LogP contribution < -0.4 is 18.9 Å². The molecule has 6 nitrogen and oxygen atoms in total. The molecule has 30 heavy (non-hydrogen) atoms. The maximum atomic E-state index is 13.5. The number of methoxy groups -OCH3 is 3. The van der Waals surface area contributed by atoms with E-state index in [0.29, 0.717) is 11.3 Å². The predicted octanol–water partition coefficient (Wildman–Crippen LogP) is 4.82. The molecule has 3 rings (SSSR count). The Morgan fingerprint density at radius 3 is 2.13 bits per heavy atom. The van der Waals surface area contributed by atoms with Gasteiger partial charge in [0.15, 0.2) is 11.5 Å². The lowest BCUT2D eigenvalue weighted by atomic mass is 9.95. The van der Waals surface area contributed by atoms with Gasteiger partial charge in [-0.2, -0.15) is 13.2 Å². The quantitative estimate of drug-likeness (QED) is 0.712. The van der Waals surface area contributed by atoms with E-state index < -0.39 is 23.8 Å². The van der Waals surface area contributed by atoms with E-state index in [-0.39, 0.29) is 33.4 Å². The summed E-state index contributed by atoms with van der Waals surface area (Å²) in [6.07, 6.45) is -6.66. The number of hydrogen-bond acceptors (Lipinski definition) is 5. The van der Waals surface area contributed by atoms with Crippen molar-refractivity contribution in [3.8, 4) is 34.1 Å². The second-order valence-electron chi connectivity index (χ2n) is 6.23. The highest BCUT2D eigenvalue weighted by Crippen LogP contribution is 2.47. The van der Waals surface area contributed by atoms with E-state index in [4.69, 9.17) is 30.5 Å². The smallest absolute Gasteiger partial charge is 0.430 e. The highest BCUT2D eigenvalue weighted by atomic mass is 35.5. The van der Waals surface area contributed by atoms with E-state index in [1.807, 2.05) is 0 Å². The molecule has 0 radical (unpaired) electrons. The van der Waals surface area contributed by atoms with Gasteiger partial charge in [-0.25, -0.2) is 4.79 Å². The second kappa shape index (κ2) is 7.98. The lowest BCUT2D eigenvalue weighted by molar-refractivity contribution is -0.187. The van der Waals surface area contributed by atoms with Gasteiger partial charge in [0.1, 0.15) is 5.75 Å². The Bertz CT molecular complexity index is 1010. The normalized spacial score (nSPS) is 15.6. The summed E-state index contributed by atoms with van der Waals surface area (Å²) < 4.78 is 61.5. The van der Waals surface area contributed by atoms with E-state index in [9.17, 15) is 23.1 Å². The minimum Gasteiger partial charge on any atom is -0.493 e. The van der Waals surface area contributed by atoms with E-state index in [2.05, 4.69) is 0 Å². The largest absolute Gasteiger partial charge is 0.493 e. The fraction of sp³-hybridized carbons (Fsp3) is 0.250. The van der Waals surface area contributed by atoms with Crippen LogP contribution in [0.4, 0.5) is 13.2 Å². The maximum Gasteiger partial charge on any atom is 0.430 e. The Kier molecular flexibility index (Phi) is 5.76. The third-order valence-corrected chi connectivity index (χ3v) is 4.65. The molecule has 1 N–H and O–H groups in total. The van der Waals surface area contributed by atoms with Crippen LogP contribution in [0.15, 0.2) is 29.8 Å². The zero-order valence-electron chi connectivity index (χ0n) is 16.0. The third kappa shape index (κ3) is 3.85. The van der Waals surface area contributed by atoms with E-state index in [1.165, 1.54) is 45.6 Å². The first-order valence-corrected chi connectivity index (χ1v) is 8.80. The van der Waals surface area contributed by atoms with Crippen molar-refractivity contribution in [1.82, 2.24) is 0 Å².